The third-order valence-electron chi connectivity index (χ3n) is 3.18. The van der Waals surface area contributed by atoms with E-state index in [1.807, 2.05) is 26.0 Å². The van der Waals surface area contributed by atoms with Gasteiger partial charge >= 0.3 is 0 Å². The molecule has 0 heterocycles. The lowest BCUT2D eigenvalue weighted by atomic mass is 10.0. The highest BCUT2D eigenvalue weighted by Gasteiger charge is 2.07. The van der Waals surface area contributed by atoms with E-state index in [1.165, 1.54) is 5.56 Å². The summed E-state index contributed by atoms with van der Waals surface area (Å²) in [5.41, 5.74) is 3.14. The van der Waals surface area contributed by atoms with Crippen molar-refractivity contribution in [3.8, 4) is 5.75 Å². The molecule has 0 amide bonds. The van der Waals surface area contributed by atoms with Crippen LogP contribution in [0.3, 0.4) is 0 Å². The van der Waals surface area contributed by atoms with E-state index in [2.05, 4.69) is 26.1 Å². The van der Waals surface area contributed by atoms with E-state index in [0.717, 1.165) is 17.7 Å². The van der Waals surface area contributed by atoms with Crippen molar-refractivity contribution < 1.29 is 5.11 Å². The van der Waals surface area contributed by atoms with Gasteiger partial charge in [0.1, 0.15) is 5.75 Å². The minimum Gasteiger partial charge on any atom is -0.507 e. The van der Waals surface area contributed by atoms with Crippen LogP contribution < -0.4 is 5.32 Å². The predicted molar refractivity (Wildman–Crippen MR) is 68.7 cm³/mol. The van der Waals surface area contributed by atoms with Crippen LogP contribution in [0.25, 0.3) is 0 Å². The Balaban J connectivity index is 2.68. The van der Waals surface area contributed by atoms with Crippen molar-refractivity contribution in [1.29, 1.82) is 0 Å². The first-order valence-electron chi connectivity index (χ1n) is 5.94. The molecule has 0 aliphatic rings. The van der Waals surface area contributed by atoms with Gasteiger partial charge < -0.3 is 10.4 Å². The summed E-state index contributed by atoms with van der Waals surface area (Å²) in [5, 5.41) is 13.2. The molecule has 0 saturated heterocycles. The fourth-order valence-corrected chi connectivity index (χ4v) is 1.66. The highest BCUT2D eigenvalue weighted by Crippen LogP contribution is 2.22. The SMILES string of the molecule is Cc1cc(CNC(C)C(C)C)cc(C)c1O. The van der Waals surface area contributed by atoms with Gasteiger partial charge in [0.05, 0.1) is 0 Å². The number of hydrogen-bond donors (Lipinski definition) is 2. The summed E-state index contributed by atoms with van der Waals surface area (Å²) in [6, 6.07) is 4.60. The topological polar surface area (TPSA) is 32.3 Å². The standard InChI is InChI=1S/C14H23NO/c1-9(2)12(5)15-8-13-6-10(3)14(16)11(4)7-13/h6-7,9,12,15-16H,8H2,1-5H3. The average molecular weight is 221 g/mol. The van der Waals surface area contributed by atoms with E-state index in [0.29, 0.717) is 17.7 Å². The predicted octanol–water partition coefficient (Wildman–Crippen LogP) is 3.14. The van der Waals surface area contributed by atoms with Gasteiger partial charge in [-0.2, -0.15) is 0 Å². The number of phenols is 1. The van der Waals surface area contributed by atoms with E-state index >= 15 is 0 Å². The normalized spacial score (nSPS) is 13.1. The zero-order chi connectivity index (χ0) is 12.3. The second kappa shape index (κ2) is 5.35. The average Bonchev–Trinajstić information content (AvgIpc) is 2.22. The van der Waals surface area contributed by atoms with Gasteiger partial charge in [0, 0.05) is 12.6 Å². The van der Waals surface area contributed by atoms with Crippen LogP contribution in [-0.2, 0) is 6.54 Å². The first-order valence-corrected chi connectivity index (χ1v) is 5.94. The van der Waals surface area contributed by atoms with Gasteiger partial charge in [-0.1, -0.05) is 26.0 Å². The Morgan fingerprint density at radius 3 is 2.06 bits per heavy atom. The number of aryl methyl sites for hydroxylation is 2. The van der Waals surface area contributed by atoms with Crippen molar-refractivity contribution in [2.75, 3.05) is 0 Å². The van der Waals surface area contributed by atoms with Crippen LogP contribution in [0.1, 0.15) is 37.5 Å². The smallest absolute Gasteiger partial charge is 0.121 e. The van der Waals surface area contributed by atoms with Gasteiger partial charge in [0.15, 0.2) is 0 Å². The molecule has 2 N–H and O–H groups in total. The van der Waals surface area contributed by atoms with Crippen molar-refractivity contribution in [2.24, 2.45) is 5.92 Å². The van der Waals surface area contributed by atoms with Crippen molar-refractivity contribution >= 4 is 0 Å². The maximum atomic E-state index is 9.68. The molecule has 0 spiro atoms. The van der Waals surface area contributed by atoms with E-state index in [1.54, 1.807) is 0 Å². The van der Waals surface area contributed by atoms with E-state index < -0.39 is 0 Å². The third kappa shape index (κ3) is 3.24. The molecule has 1 unspecified atom stereocenters. The molecule has 2 heteroatoms. The molecule has 0 aliphatic carbocycles. The zero-order valence-electron chi connectivity index (χ0n) is 11.0. The Hall–Kier alpha value is -1.02. The zero-order valence-corrected chi connectivity index (χ0v) is 11.0. The van der Waals surface area contributed by atoms with E-state index in [9.17, 15) is 5.11 Å². The van der Waals surface area contributed by atoms with E-state index in [-0.39, 0.29) is 0 Å². The van der Waals surface area contributed by atoms with Crippen molar-refractivity contribution in [3.05, 3.63) is 28.8 Å². The molecule has 0 saturated carbocycles. The van der Waals surface area contributed by atoms with Gasteiger partial charge in [-0.05, 0) is 43.4 Å². The molecule has 0 aliphatic heterocycles. The fraction of sp³-hybridized carbons (Fsp3) is 0.571. The van der Waals surface area contributed by atoms with Crippen molar-refractivity contribution in [2.45, 2.75) is 47.2 Å². The van der Waals surface area contributed by atoms with Crippen LogP contribution >= 0.6 is 0 Å². The number of phenolic OH excluding ortho intramolecular Hbond substituents is 1. The summed E-state index contributed by atoms with van der Waals surface area (Å²) in [6.07, 6.45) is 0. The molecule has 1 aromatic rings. The molecule has 90 valence electrons. The molecular weight excluding hydrogens is 198 g/mol. The minimum atomic E-state index is 0.417. The Bertz CT molecular complexity index is 335. The molecule has 1 rings (SSSR count). The molecule has 2 nitrogen and oxygen atoms in total. The summed E-state index contributed by atoms with van der Waals surface area (Å²) < 4.78 is 0. The minimum absolute atomic E-state index is 0.417. The Morgan fingerprint density at radius 1 is 1.12 bits per heavy atom. The lowest BCUT2D eigenvalue weighted by Crippen LogP contribution is -2.30. The molecular formula is C14H23NO. The van der Waals surface area contributed by atoms with Crippen LogP contribution in [0.5, 0.6) is 5.75 Å². The van der Waals surface area contributed by atoms with Crippen LogP contribution in [0.4, 0.5) is 0 Å². The fourth-order valence-electron chi connectivity index (χ4n) is 1.66. The van der Waals surface area contributed by atoms with E-state index in [4.69, 9.17) is 0 Å². The molecule has 0 radical (unpaired) electrons. The molecule has 1 aromatic carbocycles. The Labute approximate surface area is 98.7 Å². The number of aromatic hydroxyl groups is 1. The van der Waals surface area contributed by atoms with Gasteiger partial charge in [0.2, 0.25) is 0 Å². The highest BCUT2D eigenvalue weighted by molar-refractivity contribution is 5.42. The summed E-state index contributed by atoms with van der Waals surface area (Å²) in [5.74, 6) is 1.06. The molecule has 1 atom stereocenters. The number of nitrogens with one attached hydrogen (secondary N) is 1. The van der Waals surface area contributed by atoms with Crippen LogP contribution in [0.2, 0.25) is 0 Å². The monoisotopic (exact) mass is 221 g/mol. The third-order valence-corrected chi connectivity index (χ3v) is 3.18. The highest BCUT2D eigenvalue weighted by atomic mass is 16.3. The first kappa shape index (κ1) is 13.0. The van der Waals surface area contributed by atoms with Crippen molar-refractivity contribution in [3.63, 3.8) is 0 Å². The Morgan fingerprint density at radius 2 is 1.62 bits per heavy atom. The second-order valence-electron chi connectivity index (χ2n) is 4.99. The van der Waals surface area contributed by atoms with Gasteiger partial charge in [-0.3, -0.25) is 0 Å². The van der Waals surface area contributed by atoms with Crippen LogP contribution in [-0.4, -0.2) is 11.1 Å². The molecule has 0 bridgehead atoms. The Kier molecular flexibility index (Phi) is 4.36. The maximum absolute atomic E-state index is 9.68. The number of rotatable bonds is 4. The summed E-state index contributed by atoms with van der Waals surface area (Å²) >= 11 is 0. The van der Waals surface area contributed by atoms with Crippen molar-refractivity contribution in [1.82, 2.24) is 5.32 Å². The quantitative estimate of drug-likeness (QED) is 0.818. The lowest BCUT2D eigenvalue weighted by Gasteiger charge is -2.18. The van der Waals surface area contributed by atoms with Crippen LogP contribution in [0.15, 0.2) is 12.1 Å². The van der Waals surface area contributed by atoms with Gasteiger partial charge in [0.25, 0.3) is 0 Å². The second-order valence-corrected chi connectivity index (χ2v) is 4.99. The van der Waals surface area contributed by atoms with Gasteiger partial charge in [-0.15, -0.1) is 0 Å². The largest absolute Gasteiger partial charge is 0.507 e. The summed E-state index contributed by atoms with van der Waals surface area (Å²) in [6.45, 7) is 11.4. The van der Waals surface area contributed by atoms with Crippen LogP contribution in [0, 0.1) is 19.8 Å². The number of hydrogen-bond acceptors (Lipinski definition) is 2. The summed E-state index contributed by atoms with van der Waals surface area (Å²) in [4.78, 5) is 0. The maximum Gasteiger partial charge on any atom is 0.121 e. The molecule has 0 fully saturated rings. The molecule has 0 aromatic heterocycles. The number of benzene rings is 1. The molecule has 16 heavy (non-hydrogen) atoms. The first-order chi connectivity index (χ1) is 7.41. The van der Waals surface area contributed by atoms with Gasteiger partial charge in [-0.25, -0.2) is 0 Å². The summed E-state index contributed by atoms with van der Waals surface area (Å²) in [7, 11) is 0. The lowest BCUT2D eigenvalue weighted by molar-refractivity contribution is 0.425.